The molecule has 0 N–H and O–H groups in total. The first-order chi connectivity index (χ1) is 7.23. The Hall–Kier alpha value is -0.0500. The summed E-state index contributed by atoms with van der Waals surface area (Å²) in [5, 5.41) is 0. The molecule has 2 bridgehead atoms. The van der Waals surface area contributed by atoms with E-state index < -0.39 is 0 Å². The Labute approximate surface area is 106 Å². The molecule has 0 saturated heterocycles. The highest BCUT2D eigenvalue weighted by Gasteiger charge is 2.47. The van der Waals surface area contributed by atoms with E-state index in [0.29, 0.717) is 8.84 Å². The van der Waals surface area contributed by atoms with Crippen LogP contribution in [0.3, 0.4) is 0 Å². The molecule has 0 aromatic heterocycles. The van der Waals surface area contributed by atoms with E-state index in [0.717, 1.165) is 0 Å². The molecule has 0 heterocycles. The number of hydrogen-bond acceptors (Lipinski definition) is 0. The van der Waals surface area contributed by atoms with Gasteiger partial charge in [0.05, 0.1) is 0 Å². The average molecular weight is 312 g/mol. The van der Waals surface area contributed by atoms with Crippen LogP contribution in [0.15, 0.2) is 30.3 Å². The molecule has 0 aliphatic heterocycles. The van der Waals surface area contributed by atoms with Crippen molar-refractivity contribution in [3.05, 3.63) is 35.9 Å². The van der Waals surface area contributed by atoms with Gasteiger partial charge in [0.25, 0.3) is 0 Å². The van der Waals surface area contributed by atoms with E-state index in [1.54, 1.807) is 5.56 Å². The Morgan fingerprint density at radius 1 is 0.800 bits per heavy atom. The van der Waals surface area contributed by atoms with E-state index in [1.807, 2.05) is 0 Å². The molecule has 1 heteroatoms. The summed E-state index contributed by atoms with van der Waals surface area (Å²) in [4.78, 5) is 0. The Morgan fingerprint density at radius 3 is 1.87 bits per heavy atom. The minimum absolute atomic E-state index is 0.550. The van der Waals surface area contributed by atoms with Crippen molar-refractivity contribution in [3.63, 3.8) is 0 Å². The average Bonchev–Trinajstić information content (AvgIpc) is 2.32. The van der Waals surface area contributed by atoms with Crippen LogP contribution in [0, 0.1) is 0 Å². The lowest BCUT2D eigenvalue weighted by Crippen LogP contribution is -2.44. The smallest absolute Gasteiger partial charge is 0.0223 e. The second-order valence-electron chi connectivity index (χ2n) is 5.30. The molecule has 0 nitrogen and oxygen atoms in total. The van der Waals surface area contributed by atoms with Gasteiger partial charge in [0.1, 0.15) is 0 Å². The van der Waals surface area contributed by atoms with Gasteiger partial charge in [-0.3, -0.25) is 0 Å². The molecule has 3 aliphatic rings. The zero-order valence-corrected chi connectivity index (χ0v) is 11.2. The minimum atomic E-state index is 0.550. The van der Waals surface area contributed by atoms with Crippen LogP contribution < -0.4 is 0 Å². The van der Waals surface area contributed by atoms with Gasteiger partial charge >= 0.3 is 0 Å². The zero-order valence-electron chi connectivity index (χ0n) is 9.01. The summed E-state index contributed by atoms with van der Waals surface area (Å²) in [6.07, 6.45) is 8.55. The molecule has 0 unspecified atom stereocenters. The number of alkyl halides is 1. The summed E-state index contributed by atoms with van der Waals surface area (Å²) in [5.41, 5.74) is 2.15. The normalized spacial score (nSPS) is 39.3. The summed E-state index contributed by atoms with van der Waals surface area (Å²) in [6.45, 7) is 0. The molecule has 0 spiro atoms. The maximum atomic E-state index is 2.72. The predicted molar refractivity (Wildman–Crippen MR) is 72.6 cm³/mol. The quantitative estimate of drug-likeness (QED) is 0.530. The van der Waals surface area contributed by atoms with Crippen LogP contribution in [0.5, 0.6) is 0 Å². The first kappa shape index (κ1) is 10.1. The summed E-state index contributed by atoms with van der Waals surface area (Å²) in [5.74, 6) is 0. The van der Waals surface area contributed by atoms with Gasteiger partial charge in [-0.25, -0.2) is 0 Å². The van der Waals surface area contributed by atoms with Crippen LogP contribution in [-0.2, 0) is 5.41 Å². The van der Waals surface area contributed by atoms with Gasteiger partial charge in [-0.2, -0.15) is 0 Å². The molecule has 0 amide bonds. The fourth-order valence-corrected chi connectivity index (χ4v) is 4.17. The lowest BCUT2D eigenvalue weighted by molar-refractivity contribution is 0.168. The van der Waals surface area contributed by atoms with Crippen molar-refractivity contribution < 1.29 is 0 Å². The first-order valence-electron chi connectivity index (χ1n) is 5.97. The second kappa shape index (κ2) is 3.47. The van der Waals surface area contributed by atoms with Gasteiger partial charge in [0, 0.05) is 3.42 Å². The molecule has 3 aliphatic carbocycles. The first-order valence-corrected chi connectivity index (χ1v) is 7.05. The largest absolute Gasteiger partial charge is 0.0789 e. The van der Waals surface area contributed by atoms with Gasteiger partial charge < -0.3 is 0 Å². The molecule has 1 aromatic carbocycles. The van der Waals surface area contributed by atoms with Gasteiger partial charge in [-0.15, -0.1) is 0 Å². The van der Waals surface area contributed by atoms with Crippen LogP contribution >= 0.6 is 22.6 Å². The fraction of sp³-hybridized carbons (Fsp3) is 0.571. The lowest BCUT2D eigenvalue weighted by atomic mass is 9.58. The summed E-state index contributed by atoms with van der Waals surface area (Å²) in [6, 6.07) is 11.2. The van der Waals surface area contributed by atoms with E-state index in [1.165, 1.54) is 38.5 Å². The van der Waals surface area contributed by atoms with Crippen LogP contribution in [0.25, 0.3) is 0 Å². The van der Waals surface area contributed by atoms with E-state index in [2.05, 4.69) is 52.9 Å². The Balaban J connectivity index is 1.94. The van der Waals surface area contributed by atoms with Crippen molar-refractivity contribution in [2.45, 2.75) is 47.4 Å². The highest BCUT2D eigenvalue weighted by molar-refractivity contribution is 14.1. The SMILES string of the molecule is IC12CCC(c3ccccc3)(CC1)CC2. The fourth-order valence-electron chi connectivity index (χ4n) is 3.36. The second-order valence-corrected chi connectivity index (χ2v) is 7.59. The third kappa shape index (κ3) is 1.63. The Kier molecular flexibility index (Phi) is 2.35. The van der Waals surface area contributed by atoms with E-state index in [9.17, 15) is 0 Å². The molecule has 80 valence electrons. The van der Waals surface area contributed by atoms with Crippen molar-refractivity contribution in [2.24, 2.45) is 0 Å². The van der Waals surface area contributed by atoms with Crippen LogP contribution in [-0.4, -0.2) is 3.42 Å². The van der Waals surface area contributed by atoms with Crippen LogP contribution in [0.1, 0.15) is 44.1 Å². The van der Waals surface area contributed by atoms with E-state index in [4.69, 9.17) is 0 Å². The Bertz CT molecular complexity index is 330. The standard InChI is InChI=1S/C14H17I/c15-14-9-6-13(7-10-14,8-11-14)12-4-2-1-3-5-12/h1-5H,6-11H2. The molecule has 3 fully saturated rings. The van der Waals surface area contributed by atoms with Gasteiger partial charge in [0.15, 0.2) is 0 Å². The number of hydrogen-bond donors (Lipinski definition) is 0. The Morgan fingerprint density at radius 2 is 1.33 bits per heavy atom. The van der Waals surface area contributed by atoms with Crippen molar-refractivity contribution in [2.75, 3.05) is 0 Å². The highest BCUT2D eigenvalue weighted by atomic mass is 127. The zero-order chi connectivity index (χ0) is 10.4. The maximum absolute atomic E-state index is 2.72. The molecular formula is C14H17I. The number of halogens is 1. The molecule has 0 atom stereocenters. The van der Waals surface area contributed by atoms with Gasteiger partial charge in [0.2, 0.25) is 0 Å². The molecule has 4 rings (SSSR count). The summed E-state index contributed by atoms with van der Waals surface area (Å²) >= 11 is 2.72. The van der Waals surface area contributed by atoms with Crippen molar-refractivity contribution in [1.82, 2.24) is 0 Å². The maximum Gasteiger partial charge on any atom is 0.0223 e. The number of benzene rings is 1. The van der Waals surface area contributed by atoms with Crippen molar-refractivity contribution in [1.29, 1.82) is 0 Å². The summed E-state index contributed by atoms with van der Waals surface area (Å²) < 4.78 is 0.661. The van der Waals surface area contributed by atoms with Crippen LogP contribution in [0.2, 0.25) is 0 Å². The van der Waals surface area contributed by atoms with Gasteiger partial charge in [-0.1, -0.05) is 52.9 Å². The molecule has 3 saturated carbocycles. The molecular weight excluding hydrogens is 295 g/mol. The third-order valence-corrected chi connectivity index (χ3v) is 6.16. The van der Waals surface area contributed by atoms with Gasteiger partial charge in [-0.05, 0) is 49.5 Å². The lowest BCUT2D eigenvalue weighted by Gasteiger charge is -2.51. The van der Waals surface area contributed by atoms with E-state index >= 15 is 0 Å². The van der Waals surface area contributed by atoms with E-state index in [-0.39, 0.29) is 0 Å². The highest BCUT2D eigenvalue weighted by Crippen LogP contribution is 2.56. The molecule has 15 heavy (non-hydrogen) atoms. The number of rotatable bonds is 1. The number of fused-ring (bicyclic) bond motifs is 3. The molecule has 1 aromatic rings. The molecule has 0 radical (unpaired) electrons. The van der Waals surface area contributed by atoms with Crippen molar-refractivity contribution >= 4 is 22.6 Å². The third-order valence-electron chi connectivity index (χ3n) is 4.54. The van der Waals surface area contributed by atoms with Crippen molar-refractivity contribution in [3.8, 4) is 0 Å². The predicted octanol–water partition coefficient (Wildman–Crippen LogP) is 4.47. The monoisotopic (exact) mass is 312 g/mol. The van der Waals surface area contributed by atoms with Crippen LogP contribution in [0.4, 0.5) is 0 Å². The summed E-state index contributed by atoms with van der Waals surface area (Å²) in [7, 11) is 0. The topological polar surface area (TPSA) is 0 Å². The minimum Gasteiger partial charge on any atom is -0.0789 e.